The minimum atomic E-state index is -0.112. The number of hydrogen-bond acceptors (Lipinski definition) is 2. The second-order valence-electron chi connectivity index (χ2n) is 6.15. The molecule has 2 heterocycles. The predicted molar refractivity (Wildman–Crippen MR) is 92.5 cm³/mol. The molecule has 1 atom stereocenters. The van der Waals surface area contributed by atoms with E-state index in [9.17, 15) is 4.79 Å². The summed E-state index contributed by atoms with van der Waals surface area (Å²) in [4.78, 5) is 15.6. The van der Waals surface area contributed by atoms with Gasteiger partial charge in [0.25, 0.3) is 0 Å². The minimum absolute atomic E-state index is 0.0301. The first-order valence-electron chi connectivity index (χ1n) is 7.83. The van der Waals surface area contributed by atoms with E-state index in [1.54, 1.807) is 0 Å². The van der Waals surface area contributed by atoms with Crippen molar-refractivity contribution >= 4 is 22.5 Å². The van der Waals surface area contributed by atoms with Crippen molar-refractivity contribution in [1.82, 2.24) is 14.8 Å². The van der Waals surface area contributed by atoms with Crippen LogP contribution in [-0.4, -0.2) is 20.7 Å². The molecule has 0 radical (unpaired) electrons. The van der Waals surface area contributed by atoms with Crippen LogP contribution in [0.2, 0.25) is 0 Å². The van der Waals surface area contributed by atoms with Crippen LogP contribution in [0.25, 0.3) is 10.9 Å². The topological polar surface area (TPSA) is 62.7 Å². The van der Waals surface area contributed by atoms with E-state index in [0.717, 1.165) is 33.5 Å². The van der Waals surface area contributed by atoms with Gasteiger partial charge >= 0.3 is 0 Å². The van der Waals surface area contributed by atoms with Gasteiger partial charge < -0.3 is 10.3 Å². The fourth-order valence-corrected chi connectivity index (χ4v) is 2.91. The Labute approximate surface area is 135 Å². The van der Waals surface area contributed by atoms with E-state index in [4.69, 9.17) is 0 Å². The number of nitrogens with zero attached hydrogens (tertiary/aromatic N) is 2. The molecular formula is C18H22N4O. The summed E-state index contributed by atoms with van der Waals surface area (Å²) in [7, 11) is 1.93. The number of hydrogen-bond donors (Lipinski definition) is 2. The molecule has 0 saturated heterocycles. The van der Waals surface area contributed by atoms with Crippen LogP contribution in [0.4, 0.5) is 5.69 Å². The van der Waals surface area contributed by atoms with Crippen LogP contribution in [0, 0.1) is 19.8 Å². The smallest absolute Gasteiger partial charge is 0.227 e. The van der Waals surface area contributed by atoms with Gasteiger partial charge in [-0.15, -0.1) is 0 Å². The van der Waals surface area contributed by atoms with Gasteiger partial charge in [-0.1, -0.05) is 6.92 Å². The number of anilines is 1. The molecule has 0 fully saturated rings. The molecule has 120 valence electrons. The zero-order chi connectivity index (χ0) is 16.6. The third kappa shape index (κ3) is 2.99. The van der Waals surface area contributed by atoms with Crippen LogP contribution in [0.3, 0.4) is 0 Å². The number of fused-ring (bicyclic) bond motifs is 1. The number of carbonyl (C=O) groups is 1. The molecule has 0 saturated carbocycles. The third-order valence-electron chi connectivity index (χ3n) is 4.44. The number of rotatable bonds is 4. The average Bonchev–Trinajstić information content (AvgIpc) is 3.07. The molecule has 2 aromatic heterocycles. The van der Waals surface area contributed by atoms with Gasteiger partial charge in [0.2, 0.25) is 5.91 Å². The number of amides is 1. The van der Waals surface area contributed by atoms with Crippen molar-refractivity contribution in [3.8, 4) is 0 Å². The Bertz CT molecular complexity index is 859. The average molecular weight is 310 g/mol. The molecule has 0 bridgehead atoms. The molecule has 1 aromatic carbocycles. The lowest BCUT2D eigenvalue weighted by Crippen LogP contribution is -2.22. The number of aromatic amines is 1. The maximum Gasteiger partial charge on any atom is 0.227 e. The SMILES string of the molecule is Cc1nn(C)c(C)c1CC(C)C(=O)Nc1ccc2[nH]ccc2c1. The Hall–Kier alpha value is -2.56. The van der Waals surface area contributed by atoms with Crippen molar-refractivity contribution in [2.45, 2.75) is 27.2 Å². The van der Waals surface area contributed by atoms with Crippen LogP contribution >= 0.6 is 0 Å². The lowest BCUT2D eigenvalue weighted by molar-refractivity contribution is -0.119. The normalized spacial score (nSPS) is 12.5. The monoisotopic (exact) mass is 310 g/mol. The van der Waals surface area contributed by atoms with Gasteiger partial charge in [-0.05, 0) is 50.1 Å². The number of nitrogens with one attached hydrogen (secondary N) is 2. The van der Waals surface area contributed by atoms with Gasteiger partial charge in [0.05, 0.1) is 5.69 Å². The van der Waals surface area contributed by atoms with Gasteiger partial charge in [-0.3, -0.25) is 9.48 Å². The number of aryl methyl sites for hydroxylation is 2. The van der Waals surface area contributed by atoms with Gasteiger partial charge in [0, 0.05) is 41.4 Å². The van der Waals surface area contributed by atoms with Crippen LogP contribution in [0.1, 0.15) is 23.9 Å². The predicted octanol–water partition coefficient (Wildman–Crippen LogP) is 3.34. The highest BCUT2D eigenvalue weighted by Crippen LogP contribution is 2.20. The standard InChI is InChI=1S/C18H22N4O/c1-11(9-16-12(2)21-22(4)13(16)3)18(23)20-15-5-6-17-14(10-15)7-8-19-17/h5-8,10-11,19H,9H2,1-4H3,(H,20,23). The lowest BCUT2D eigenvalue weighted by Gasteiger charge is -2.13. The Morgan fingerprint density at radius 2 is 2.13 bits per heavy atom. The van der Waals surface area contributed by atoms with E-state index < -0.39 is 0 Å². The largest absolute Gasteiger partial charge is 0.361 e. The Morgan fingerprint density at radius 1 is 1.35 bits per heavy atom. The summed E-state index contributed by atoms with van der Waals surface area (Å²) in [6.07, 6.45) is 2.59. The number of carbonyl (C=O) groups excluding carboxylic acids is 1. The van der Waals surface area contributed by atoms with Crippen molar-refractivity contribution in [1.29, 1.82) is 0 Å². The Morgan fingerprint density at radius 3 is 2.83 bits per heavy atom. The summed E-state index contributed by atoms with van der Waals surface area (Å²) in [6.45, 7) is 5.99. The summed E-state index contributed by atoms with van der Waals surface area (Å²) in [5.41, 5.74) is 5.18. The van der Waals surface area contributed by atoms with Gasteiger partial charge in [-0.25, -0.2) is 0 Å². The molecule has 3 rings (SSSR count). The first-order valence-corrected chi connectivity index (χ1v) is 7.83. The van der Waals surface area contributed by atoms with Crippen molar-refractivity contribution in [2.75, 3.05) is 5.32 Å². The van der Waals surface area contributed by atoms with E-state index in [2.05, 4.69) is 15.4 Å². The summed E-state index contributed by atoms with van der Waals surface area (Å²) in [5.74, 6) is -0.0824. The molecular weight excluding hydrogens is 288 g/mol. The van der Waals surface area contributed by atoms with Crippen molar-refractivity contribution in [2.24, 2.45) is 13.0 Å². The molecule has 1 unspecified atom stereocenters. The number of H-pyrrole nitrogens is 1. The molecule has 5 heteroatoms. The minimum Gasteiger partial charge on any atom is -0.361 e. The summed E-state index contributed by atoms with van der Waals surface area (Å²) in [5, 5.41) is 8.52. The maximum absolute atomic E-state index is 12.5. The van der Waals surface area contributed by atoms with E-state index in [1.165, 1.54) is 0 Å². The van der Waals surface area contributed by atoms with E-state index in [-0.39, 0.29) is 11.8 Å². The van der Waals surface area contributed by atoms with Crippen LogP contribution < -0.4 is 5.32 Å². The van der Waals surface area contributed by atoms with E-state index in [0.29, 0.717) is 6.42 Å². The first kappa shape index (κ1) is 15.3. The Balaban J connectivity index is 1.71. The molecule has 0 aliphatic rings. The van der Waals surface area contributed by atoms with Gasteiger partial charge in [0.15, 0.2) is 0 Å². The molecule has 0 spiro atoms. The number of aromatic nitrogens is 3. The van der Waals surface area contributed by atoms with E-state index >= 15 is 0 Å². The zero-order valence-electron chi connectivity index (χ0n) is 14.0. The van der Waals surface area contributed by atoms with Crippen LogP contribution in [-0.2, 0) is 18.3 Å². The molecule has 0 aliphatic heterocycles. The second kappa shape index (κ2) is 5.91. The molecule has 2 N–H and O–H groups in total. The summed E-state index contributed by atoms with van der Waals surface area (Å²) < 4.78 is 1.87. The Kier molecular flexibility index (Phi) is 3.94. The van der Waals surface area contributed by atoms with Gasteiger partial charge in [0.1, 0.15) is 0 Å². The molecule has 0 aliphatic carbocycles. The van der Waals surface area contributed by atoms with Crippen molar-refractivity contribution in [3.63, 3.8) is 0 Å². The number of benzene rings is 1. The fraction of sp³-hybridized carbons (Fsp3) is 0.333. The summed E-state index contributed by atoms with van der Waals surface area (Å²) >= 11 is 0. The first-order chi connectivity index (χ1) is 11.0. The highest BCUT2D eigenvalue weighted by atomic mass is 16.1. The summed E-state index contributed by atoms with van der Waals surface area (Å²) in [6, 6.07) is 7.88. The maximum atomic E-state index is 12.5. The van der Waals surface area contributed by atoms with Crippen molar-refractivity contribution in [3.05, 3.63) is 47.4 Å². The zero-order valence-corrected chi connectivity index (χ0v) is 14.0. The van der Waals surface area contributed by atoms with Crippen LogP contribution in [0.15, 0.2) is 30.5 Å². The quantitative estimate of drug-likeness (QED) is 0.776. The molecule has 1 amide bonds. The highest BCUT2D eigenvalue weighted by molar-refractivity contribution is 5.95. The fourth-order valence-electron chi connectivity index (χ4n) is 2.91. The highest BCUT2D eigenvalue weighted by Gasteiger charge is 2.18. The van der Waals surface area contributed by atoms with E-state index in [1.807, 2.05) is 63.0 Å². The van der Waals surface area contributed by atoms with Crippen LogP contribution in [0.5, 0.6) is 0 Å². The molecule has 5 nitrogen and oxygen atoms in total. The molecule has 23 heavy (non-hydrogen) atoms. The molecule has 3 aromatic rings. The lowest BCUT2D eigenvalue weighted by atomic mass is 9.98. The van der Waals surface area contributed by atoms with Gasteiger partial charge in [-0.2, -0.15) is 5.10 Å². The third-order valence-corrected chi connectivity index (χ3v) is 4.44. The van der Waals surface area contributed by atoms with Crippen molar-refractivity contribution < 1.29 is 4.79 Å². The second-order valence-corrected chi connectivity index (χ2v) is 6.15.